The van der Waals surface area contributed by atoms with Gasteiger partial charge in [-0.05, 0) is 12.1 Å². The summed E-state index contributed by atoms with van der Waals surface area (Å²) in [6, 6.07) is 1.39. The maximum atomic E-state index is 13.5. The second-order valence-corrected chi connectivity index (χ2v) is 3.94. The summed E-state index contributed by atoms with van der Waals surface area (Å²) in [5, 5.41) is 8.69. The van der Waals surface area contributed by atoms with Crippen molar-refractivity contribution in [1.82, 2.24) is 4.90 Å². The van der Waals surface area contributed by atoms with Gasteiger partial charge >= 0.3 is 6.09 Å². The first-order valence-corrected chi connectivity index (χ1v) is 5.08. The predicted octanol–water partition coefficient (Wildman–Crippen LogP) is 2.10. The molecule has 96 valence electrons. The van der Waals surface area contributed by atoms with Gasteiger partial charge in [0, 0.05) is 24.4 Å². The van der Waals surface area contributed by atoms with Gasteiger partial charge in [0.1, 0.15) is 5.82 Å². The zero-order valence-electron chi connectivity index (χ0n) is 8.99. The van der Waals surface area contributed by atoms with E-state index < -0.39 is 40.9 Å². The van der Waals surface area contributed by atoms with Crippen LogP contribution in [-0.4, -0.2) is 28.6 Å². The number of carboxylic acid groups (broad SMARTS) is 1. The van der Waals surface area contributed by atoms with Gasteiger partial charge in [-0.15, -0.1) is 0 Å². The molecule has 0 bridgehead atoms. The summed E-state index contributed by atoms with van der Waals surface area (Å²) in [6.45, 7) is -0.370. The summed E-state index contributed by atoms with van der Waals surface area (Å²) in [5.74, 6) is -5.34. The molecule has 1 aliphatic heterocycles. The Balaban J connectivity index is 2.38. The first-order chi connectivity index (χ1) is 8.41. The SMILES string of the molecule is O=C(O)N1CC(c2c(F)ccc(F)c2F)CC1=O. The molecular weight excluding hydrogens is 251 g/mol. The van der Waals surface area contributed by atoms with Crippen molar-refractivity contribution in [3.05, 3.63) is 35.1 Å². The maximum Gasteiger partial charge on any atom is 0.414 e. The summed E-state index contributed by atoms with van der Waals surface area (Å²) in [7, 11) is 0. The minimum absolute atomic E-state index is 0.358. The highest BCUT2D eigenvalue weighted by Crippen LogP contribution is 2.32. The minimum Gasteiger partial charge on any atom is -0.465 e. The smallest absolute Gasteiger partial charge is 0.414 e. The van der Waals surface area contributed by atoms with Crippen LogP contribution in [0.25, 0.3) is 0 Å². The molecule has 2 rings (SSSR count). The van der Waals surface area contributed by atoms with E-state index in [0.717, 1.165) is 6.07 Å². The van der Waals surface area contributed by atoms with E-state index in [2.05, 4.69) is 0 Å². The summed E-state index contributed by atoms with van der Waals surface area (Å²) in [5.41, 5.74) is -0.577. The second-order valence-electron chi connectivity index (χ2n) is 3.94. The molecule has 1 saturated heterocycles. The second kappa shape index (κ2) is 4.32. The van der Waals surface area contributed by atoms with E-state index in [1.807, 2.05) is 0 Å². The van der Waals surface area contributed by atoms with Gasteiger partial charge in [-0.2, -0.15) is 0 Å². The number of rotatable bonds is 1. The van der Waals surface area contributed by atoms with Crippen molar-refractivity contribution in [2.24, 2.45) is 0 Å². The molecule has 1 N–H and O–H groups in total. The Hall–Kier alpha value is -2.05. The van der Waals surface area contributed by atoms with Crippen LogP contribution in [0.3, 0.4) is 0 Å². The summed E-state index contributed by atoms with van der Waals surface area (Å²) >= 11 is 0. The minimum atomic E-state index is -1.49. The molecule has 0 spiro atoms. The van der Waals surface area contributed by atoms with Gasteiger partial charge in [0.05, 0.1) is 0 Å². The van der Waals surface area contributed by atoms with Gasteiger partial charge in [0.2, 0.25) is 5.91 Å². The van der Waals surface area contributed by atoms with Crippen molar-refractivity contribution in [3.8, 4) is 0 Å². The predicted molar refractivity (Wildman–Crippen MR) is 53.4 cm³/mol. The van der Waals surface area contributed by atoms with Crippen LogP contribution in [0.2, 0.25) is 0 Å². The molecule has 2 amide bonds. The Morgan fingerprint density at radius 1 is 1.28 bits per heavy atom. The Labute approximate surface area is 99.6 Å². The quantitative estimate of drug-likeness (QED) is 0.786. The number of carbonyl (C=O) groups is 2. The van der Waals surface area contributed by atoms with Gasteiger partial charge in [-0.25, -0.2) is 22.9 Å². The fourth-order valence-electron chi connectivity index (χ4n) is 2.00. The molecular formula is C11H8F3NO3. The van der Waals surface area contributed by atoms with Crippen molar-refractivity contribution < 1.29 is 27.9 Å². The third-order valence-electron chi connectivity index (χ3n) is 2.84. The van der Waals surface area contributed by atoms with Gasteiger partial charge in [0.15, 0.2) is 11.6 Å². The first-order valence-electron chi connectivity index (χ1n) is 5.08. The number of benzene rings is 1. The largest absolute Gasteiger partial charge is 0.465 e. The lowest BCUT2D eigenvalue weighted by Crippen LogP contribution is -2.30. The fourth-order valence-corrected chi connectivity index (χ4v) is 2.00. The van der Waals surface area contributed by atoms with Crippen LogP contribution in [0.1, 0.15) is 17.9 Å². The molecule has 1 aromatic carbocycles. The van der Waals surface area contributed by atoms with E-state index >= 15 is 0 Å². The number of hydrogen-bond acceptors (Lipinski definition) is 2. The molecule has 0 aliphatic carbocycles. The molecule has 1 atom stereocenters. The molecule has 0 aromatic heterocycles. The number of hydrogen-bond donors (Lipinski definition) is 1. The van der Waals surface area contributed by atoms with Gasteiger partial charge < -0.3 is 5.11 Å². The number of halogens is 3. The van der Waals surface area contributed by atoms with Crippen molar-refractivity contribution in [1.29, 1.82) is 0 Å². The van der Waals surface area contributed by atoms with Crippen LogP contribution >= 0.6 is 0 Å². The number of amides is 2. The molecule has 1 unspecified atom stereocenters. The number of carbonyl (C=O) groups excluding carboxylic acids is 1. The average molecular weight is 259 g/mol. The van der Waals surface area contributed by atoms with Crippen LogP contribution in [0, 0.1) is 17.5 Å². The van der Waals surface area contributed by atoms with E-state index in [1.165, 1.54) is 0 Å². The van der Waals surface area contributed by atoms with E-state index in [0.29, 0.717) is 11.0 Å². The molecule has 4 nitrogen and oxygen atoms in total. The lowest BCUT2D eigenvalue weighted by molar-refractivity contribution is -0.125. The lowest BCUT2D eigenvalue weighted by atomic mass is 9.97. The number of nitrogens with zero attached hydrogens (tertiary/aromatic N) is 1. The molecule has 18 heavy (non-hydrogen) atoms. The van der Waals surface area contributed by atoms with E-state index in [1.54, 1.807) is 0 Å². The molecule has 7 heteroatoms. The highest BCUT2D eigenvalue weighted by Gasteiger charge is 2.37. The van der Waals surface area contributed by atoms with Crippen LogP contribution in [-0.2, 0) is 4.79 Å². The lowest BCUT2D eigenvalue weighted by Gasteiger charge is -2.12. The van der Waals surface area contributed by atoms with Crippen LogP contribution in [0.5, 0.6) is 0 Å². The zero-order chi connectivity index (χ0) is 13.4. The molecule has 1 aromatic rings. The summed E-state index contributed by atoms with van der Waals surface area (Å²) in [4.78, 5) is 22.4. The highest BCUT2D eigenvalue weighted by atomic mass is 19.2. The topological polar surface area (TPSA) is 57.6 Å². The maximum absolute atomic E-state index is 13.5. The first kappa shape index (κ1) is 12.4. The van der Waals surface area contributed by atoms with Gasteiger partial charge in [0.25, 0.3) is 0 Å². The van der Waals surface area contributed by atoms with Gasteiger partial charge in [-0.3, -0.25) is 4.79 Å². The Morgan fingerprint density at radius 3 is 2.44 bits per heavy atom. The zero-order valence-corrected chi connectivity index (χ0v) is 8.99. The fraction of sp³-hybridized carbons (Fsp3) is 0.273. The molecule has 1 fully saturated rings. The molecule has 1 aliphatic rings. The summed E-state index contributed by atoms with van der Waals surface area (Å²) < 4.78 is 39.9. The van der Waals surface area contributed by atoms with Crippen molar-refractivity contribution in [3.63, 3.8) is 0 Å². The third kappa shape index (κ3) is 1.92. The van der Waals surface area contributed by atoms with Crippen LogP contribution < -0.4 is 0 Å². The van der Waals surface area contributed by atoms with Gasteiger partial charge in [-0.1, -0.05) is 0 Å². The van der Waals surface area contributed by atoms with E-state index in [4.69, 9.17) is 5.11 Å². The third-order valence-corrected chi connectivity index (χ3v) is 2.84. The molecule has 0 saturated carbocycles. The van der Waals surface area contributed by atoms with E-state index in [-0.39, 0.29) is 13.0 Å². The monoisotopic (exact) mass is 259 g/mol. The van der Waals surface area contributed by atoms with Crippen molar-refractivity contribution in [2.45, 2.75) is 12.3 Å². The van der Waals surface area contributed by atoms with E-state index in [9.17, 15) is 22.8 Å². The summed E-state index contributed by atoms with van der Waals surface area (Å²) in [6.07, 6.45) is -1.84. The molecule has 1 heterocycles. The highest BCUT2D eigenvalue weighted by molar-refractivity contribution is 5.93. The van der Waals surface area contributed by atoms with Crippen LogP contribution in [0.15, 0.2) is 12.1 Å². The normalized spacial score (nSPS) is 19.4. The standard InChI is InChI=1S/C11H8F3NO3/c12-6-1-2-7(13)10(14)9(6)5-3-8(16)15(4-5)11(17)18/h1-2,5H,3-4H2,(H,17,18). The average Bonchev–Trinajstić information content (AvgIpc) is 2.66. The number of likely N-dealkylation sites (tertiary alicyclic amines) is 1. The Morgan fingerprint density at radius 2 is 1.89 bits per heavy atom. The Kier molecular flexibility index (Phi) is 2.98. The Bertz CT molecular complexity index is 533. The number of imide groups is 1. The van der Waals surface area contributed by atoms with Crippen LogP contribution in [0.4, 0.5) is 18.0 Å². The van der Waals surface area contributed by atoms with Crippen molar-refractivity contribution in [2.75, 3.05) is 6.54 Å². The van der Waals surface area contributed by atoms with Crippen molar-refractivity contribution >= 4 is 12.0 Å². The molecule has 0 radical (unpaired) electrons.